The molecule has 3 aromatic rings. The molecule has 0 atom stereocenters. The molecule has 3 heterocycles. The van der Waals surface area contributed by atoms with Gasteiger partial charge in [-0.25, -0.2) is 24.3 Å². The average Bonchev–Trinajstić information content (AvgIpc) is 2.87. The summed E-state index contributed by atoms with van der Waals surface area (Å²) in [5.41, 5.74) is 1.56. The summed E-state index contributed by atoms with van der Waals surface area (Å²) in [5, 5.41) is 9.48. The third-order valence-corrected chi connectivity index (χ3v) is 6.20. The van der Waals surface area contributed by atoms with E-state index >= 15 is 0 Å². The summed E-state index contributed by atoms with van der Waals surface area (Å²) in [4.78, 5) is 28.1. The van der Waals surface area contributed by atoms with E-state index in [1.807, 2.05) is 0 Å². The van der Waals surface area contributed by atoms with Gasteiger partial charge in [0.1, 0.15) is 11.3 Å². The van der Waals surface area contributed by atoms with Gasteiger partial charge in [0.2, 0.25) is 5.88 Å². The first-order valence-electron chi connectivity index (χ1n) is 11.6. The minimum absolute atomic E-state index is 0.0642. The molecule has 36 heavy (non-hydrogen) atoms. The number of benzene rings is 1. The molecule has 1 fully saturated rings. The van der Waals surface area contributed by atoms with Gasteiger partial charge in [-0.1, -0.05) is 0 Å². The molecule has 10 nitrogen and oxygen atoms in total. The Labute approximate surface area is 204 Å². The number of rotatable bonds is 8. The molecule has 2 aromatic heterocycles. The first kappa shape index (κ1) is 24.1. The van der Waals surface area contributed by atoms with E-state index in [0.717, 1.165) is 31.9 Å². The molecular formula is C23H24F3N7O3. The van der Waals surface area contributed by atoms with E-state index in [0.29, 0.717) is 29.5 Å². The summed E-state index contributed by atoms with van der Waals surface area (Å²) in [6.45, 7) is -2.41. The maximum absolute atomic E-state index is 14.6. The van der Waals surface area contributed by atoms with E-state index in [1.54, 1.807) is 6.20 Å². The zero-order valence-electron chi connectivity index (χ0n) is 19.1. The summed E-state index contributed by atoms with van der Waals surface area (Å²) < 4.78 is 49.2. The fraction of sp³-hybridized carbons (Fsp3) is 0.435. The second-order valence-corrected chi connectivity index (χ2v) is 8.64. The minimum Gasteiger partial charge on any atom is -0.465 e. The molecule has 0 unspecified atom stereocenters. The number of carbonyl (C=O) groups excluding carboxylic acids is 1. The summed E-state index contributed by atoms with van der Waals surface area (Å²) >= 11 is 0. The molecule has 190 valence electrons. The highest BCUT2D eigenvalue weighted by Crippen LogP contribution is 2.25. The van der Waals surface area contributed by atoms with Crippen molar-refractivity contribution in [3.8, 4) is 11.8 Å². The summed E-state index contributed by atoms with van der Waals surface area (Å²) in [7, 11) is 0. The van der Waals surface area contributed by atoms with Crippen molar-refractivity contribution in [2.45, 2.75) is 57.5 Å². The van der Waals surface area contributed by atoms with Gasteiger partial charge in [-0.05, 0) is 37.8 Å². The van der Waals surface area contributed by atoms with Crippen molar-refractivity contribution in [1.82, 2.24) is 30.6 Å². The number of anilines is 1. The summed E-state index contributed by atoms with van der Waals surface area (Å²) in [6.07, 6.45) is 6.26. The normalized spacial score (nSPS) is 19.6. The number of aromatic nitrogens is 4. The van der Waals surface area contributed by atoms with Crippen molar-refractivity contribution < 1.29 is 27.4 Å². The fourth-order valence-electron chi connectivity index (χ4n) is 4.39. The van der Waals surface area contributed by atoms with Crippen LogP contribution in [0, 0.1) is 5.82 Å². The number of hydrogen-bond donors (Lipinski definition) is 3. The van der Waals surface area contributed by atoms with Gasteiger partial charge in [0, 0.05) is 30.7 Å². The SMILES string of the molecule is O=C1COc2ncc(CN[C@H]3CC[C@H](NCc4c(F)ccc5ncc(OC(F)F)nc45)CC3)nc2N1. The number of halogens is 3. The molecule has 0 spiro atoms. The number of alkyl halides is 2. The van der Waals surface area contributed by atoms with Crippen molar-refractivity contribution >= 4 is 22.8 Å². The minimum atomic E-state index is -3.04. The van der Waals surface area contributed by atoms with Crippen LogP contribution < -0.4 is 25.4 Å². The first-order valence-corrected chi connectivity index (χ1v) is 11.6. The molecule has 0 radical (unpaired) electrons. The molecule has 1 saturated carbocycles. The number of hydrogen-bond acceptors (Lipinski definition) is 9. The van der Waals surface area contributed by atoms with Crippen molar-refractivity contribution in [1.29, 1.82) is 0 Å². The molecule has 13 heteroatoms. The third-order valence-electron chi connectivity index (χ3n) is 6.20. The van der Waals surface area contributed by atoms with E-state index in [-0.39, 0.29) is 48.1 Å². The molecule has 2 aliphatic rings. The smallest absolute Gasteiger partial charge is 0.388 e. The summed E-state index contributed by atoms with van der Waals surface area (Å²) in [5.74, 6) is -0.450. The van der Waals surface area contributed by atoms with Crippen LogP contribution in [-0.2, 0) is 17.9 Å². The Balaban J connectivity index is 1.14. The maximum Gasteiger partial charge on any atom is 0.388 e. The third kappa shape index (κ3) is 5.62. The summed E-state index contributed by atoms with van der Waals surface area (Å²) in [6, 6.07) is 3.20. The number of amides is 1. The first-order chi connectivity index (χ1) is 17.4. The molecule has 1 amide bonds. The lowest BCUT2D eigenvalue weighted by molar-refractivity contribution is -0.118. The molecule has 1 aliphatic carbocycles. The Bertz CT molecular complexity index is 1260. The number of nitrogens with zero attached hydrogens (tertiary/aromatic N) is 4. The zero-order valence-corrected chi connectivity index (χ0v) is 19.1. The van der Waals surface area contributed by atoms with E-state index in [2.05, 4.69) is 40.6 Å². The Morgan fingerprint density at radius 1 is 1.06 bits per heavy atom. The highest BCUT2D eigenvalue weighted by molar-refractivity contribution is 5.93. The molecule has 1 aromatic carbocycles. The number of nitrogens with one attached hydrogen (secondary N) is 3. The van der Waals surface area contributed by atoms with Crippen molar-refractivity contribution in [2.75, 3.05) is 11.9 Å². The van der Waals surface area contributed by atoms with E-state index < -0.39 is 12.4 Å². The second kappa shape index (κ2) is 10.6. The van der Waals surface area contributed by atoms with Gasteiger partial charge >= 0.3 is 6.61 Å². The van der Waals surface area contributed by atoms with Crippen molar-refractivity contribution in [2.24, 2.45) is 0 Å². The van der Waals surface area contributed by atoms with Crippen LogP contribution in [-0.4, -0.2) is 51.1 Å². The average molecular weight is 503 g/mol. The van der Waals surface area contributed by atoms with Crippen LogP contribution in [0.2, 0.25) is 0 Å². The van der Waals surface area contributed by atoms with Crippen molar-refractivity contribution in [3.05, 3.63) is 41.6 Å². The van der Waals surface area contributed by atoms with Crippen molar-refractivity contribution in [3.63, 3.8) is 0 Å². The zero-order chi connectivity index (χ0) is 25.1. The predicted octanol–water partition coefficient (Wildman–Crippen LogP) is 2.68. The predicted molar refractivity (Wildman–Crippen MR) is 122 cm³/mol. The largest absolute Gasteiger partial charge is 0.465 e. The number of fused-ring (bicyclic) bond motifs is 2. The van der Waals surface area contributed by atoms with Gasteiger partial charge < -0.3 is 25.4 Å². The monoisotopic (exact) mass is 503 g/mol. The lowest BCUT2D eigenvalue weighted by atomic mass is 9.91. The van der Waals surface area contributed by atoms with E-state index in [1.165, 1.54) is 12.1 Å². The van der Waals surface area contributed by atoms with Gasteiger partial charge in [0.15, 0.2) is 12.4 Å². The van der Waals surface area contributed by atoms with Crippen LogP contribution in [0.25, 0.3) is 11.0 Å². The Kier molecular flexibility index (Phi) is 7.09. The standard InChI is InChI=1S/C23H24F3N7O3/c24-16-5-6-17-20(33-19(10-29-17)36-23(25)26)15(16)9-28-13-3-1-12(2-4-13)27-7-14-8-30-22-21(31-14)32-18(34)11-35-22/h5-6,8,10,12-13,23,27-28H,1-4,7,9,11H2,(H,31,32,34)/t12-,13-. The van der Waals surface area contributed by atoms with Gasteiger partial charge in [-0.3, -0.25) is 4.79 Å². The topological polar surface area (TPSA) is 123 Å². The fourth-order valence-corrected chi connectivity index (χ4v) is 4.39. The second-order valence-electron chi connectivity index (χ2n) is 8.64. The molecular weight excluding hydrogens is 479 g/mol. The van der Waals surface area contributed by atoms with Crippen LogP contribution in [0.5, 0.6) is 11.8 Å². The molecule has 3 N–H and O–H groups in total. The Hall–Kier alpha value is -3.58. The van der Waals surface area contributed by atoms with Gasteiger partial charge in [-0.2, -0.15) is 8.78 Å². The van der Waals surface area contributed by atoms with Crippen LogP contribution in [0.4, 0.5) is 19.0 Å². The van der Waals surface area contributed by atoms with Gasteiger partial charge in [0.25, 0.3) is 11.8 Å². The Morgan fingerprint density at radius 2 is 1.81 bits per heavy atom. The van der Waals surface area contributed by atoms with E-state index in [9.17, 15) is 18.0 Å². The van der Waals surface area contributed by atoms with E-state index in [4.69, 9.17) is 4.74 Å². The van der Waals surface area contributed by atoms with Crippen LogP contribution >= 0.6 is 0 Å². The van der Waals surface area contributed by atoms with Gasteiger partial charge in [0.05, 0.1) is 23.6 Å². The maximum atomic E-state index is 14.6. The number of carbonyl (C=O) groups is 1. The highest BCUT2D eigenvalue weighted by atomic mass is 19.3. The van der Waals surface area contributed by atoms with Crippen LogP contribution in [0.15, 0.2) is 24.5 Å². The van der Waals surface area contributed by atoms with Crippen LogP contribution in [0.1, 0.15) is 36.9 Å². The number of ether oxygens (including phenoxy) is 2. The lowest BCUT2D eigenvalue weighted by Crippen LogP contribution is -2.39. The molecule has 0 bridgehead atoms. The Morgan fingerprint density at radius 3 is 2.56 bits per heavy atom. The van der Waals surface area contributed by atoms with Crippen LogP contribution in [0.3, 0.4) is 0 Å². The molecule has 5 rings (SSSR count). The lowest BCUT2D eigenvalue weighted by Gasteiger charge is -2.30. The highest BCUT2D eigenvalue weighted by Gasteiger charge is 2.23. The molecule has 0 saturated heterocycles. The van der Waals surface area contributed by atoms with Gasteiger partial charge in [-0.15, -0.1) is 0 Å². The molecule has 1 aliphatic heterocycles. The quantitative estimate of drug-likeness (QED) is 0.426.